The Hall–Kier alpha value is -2.41. The first-order chi connectivity index (χ1) is 11.2. The molecule has 0 amide bonds. The van der Waals surface area contributed by atoms with Gasteiger partial charge in [-0.05, 0) is 31.4 Å². The van der Waals surface area contributed by atoms with Crippen molar-refractivity contribution in [2.45, 2.75) is 25.5 Å². The Morgan fingerprint density at radius 2 is 2.04 bits per heavy atom. The molecular formula is C16H14F2N4O. The third-order valence-electron chi connectivity index (χ3n) is 4.01. The van der Waals surface area contributed by atoms with Crippen LogP contribution in [0.2, 0.25) is 0 Å². The molecular weight excluding hydrogens is 302 g/mol. The summed E-state index contributed by atoms with van der Waals surface area (Å²) < 4.78 is 34.8. The highest BCUT2D eigenvalue weighted by Crippen LogP contribution is 2.30. The summed E-state index contributed by atoms with van der Waals surface area (Å²) in [6, 6.07) is 3.40. The van der Waals surface area contributed by atoms with Crippen LogP contribution < -0.4 is 0 Å². The summed E-state index contributed by atoms with van der Waals surface area (Å²) in [5.74, 6) is -1.30. The summed E-state index contributed by atoms with van der Waals surface area (Å²) in [6.07, 6.45) is 5.89. The molecule has 0 saturated carbocycles. The summed E-state index contributed by atoms with van der Waals surface area (Å²) in [6.45, 7) is 0.703. The molecule has 5 nitrogen and oxygen atoms in total. The Bertz CT molecular complexity index is 858. The molecule has 1 fully saturated rings. The molecule has 23 heavy (non-hydrogen) atoms. The molecule has 1 aromatic carbocycles. The third-order valence-corrected chi connectivity index (χ3v) is 4.01. The molecule has 0 aliphatic carbocycles. The van der Waals surface area contributed by atoms with Gasteiger partial charge in [0.05, 0.1) is 6.33 Å². The maximum atomic E-state index is 14.1. The van der Waals surface area contributed by atoms with E-state index in [1.165, 1.54) is 18.5 Å². The van der Waals surface area contributed by atoms with Crippen molar-refractivity contribution in [1.82, 2.24) is 19.5 Å². The standard InChI is InChI=1S/C16H14F2N4O/c17-10-4-5-11(12(18)7-10)14-15-16(20-8-19-14)22(9-21-15)13-3-1-2-6-23-13/h4-5,7-9,13H,1-3,6H2. The zero-order valence-electron chi connectivity index (χ0n) is 12.2. The number of hydrogen-bond acceptors (Lipinski definition) is 4. The van der Waals surface area contributed by atoms with Crippen molar-refractivity contribution in [3.63, 3.8) is 0 Å². The van der Waals surface area contributed by atoms with E-state index in [4.69, 9.17) is 4.74 Å². The lowest BCUT2D eigenvalue weighted by Crippen LogP contribution is -2.17. The topological polar surface area (TPSA) is 52.8 Å². The van der Waals surface area contributed by atoms with Gasteiger partial charge in [-0.25, -0.2) is 23.7 Å². The molecule has 0 spiro atoms. The average molecular weight is 316 g/mol. The van der Waals surface area contributed by atoms with Crippen LogP contribution in [-0.4, -0.2) is 26.1 Å². The van der Waals surface area contributed by atoms with E-state index in [0.717, 1.165) is 25.3 Å². The molecule has 4 rings (SSSR count). The average Bonchev–Trinajstić information content (AvgIpc) is 3.00. The zero-order chi connectivity index (χ0) is 15.8. The molecule has 1 aliphatic rings. The van der Waals surface area contributed by atoms with Crippen molar-refractivity contribution in [3.8, 4) is 11.3 Å². The maximum absolute atomic E-state index is 14.1. The second-order valence-electron chi connectivity index (χ2n) is 5.49. The molecule has 1 aliphatic heterocycles. The van der Waals surface area contributed by atoms with Crippen molar-refractivity contribution >= 4 is 11.2 Å². The number of hydrogen-bond donors (Lipinski definition) is 0. The monoisotopic (exact) mass is 316 g/mol. The fourth-order valence-electron chi connectivity index (χ4n) is 2.88. The van der Waals surface area contributed by atoms with Crippen LogP contribution in [0.5, 0.6) is 0 Å². The van der Waals surface area contributed by atoms with Crippen LogP contribution in [0, 0.1) is 11.6 Å². The first-order valence-corrected chi connectivity index (χ1v) is 7.48. The Balaban J connectivity index is 1.84. The van der Waals surface area contributed by atoms with Gasteiger partial charge in [-0.15, -0.1) is 0 Å². The van der Waals surface area contributed by atoms with Crippen LogP contribution in [-0.2, 0) is 4.74 Å². The van der Waals surface area contributed by atoms with Gasteiger partial charge in [0.2, 0.25) is 0 Å². The van der Waals surface area contributed by atoms with Gasteiger partial charge in [-0.3, -0.25) is 4.57 Å². The summed E-state index contributed by atoms with van der Waals surface area (Å²) in [7, 11) is 0. The number of rotatable bonds is 2. The molecule has 0 radical (unpaired) electrons. The zero-order valence-corrected chi connectivity index (χ0v) is 12.2. The summed E-state index contributed by atoms with van der Waals surface area (Å²) in [5.41, 5.74) is 1.62. The molecule has 1 saturated heterocycles. The molecule has 0 bridgehead atoms. The Morgan fingerprint density at radius 3 is 2.83 bits per heavy atom. The van der Waals surface area contributed by atoms with Gasteiger partial charge in [0, 0.05) is 18.2 Å². The minimum Gasteiger partial charge on any atom is -0.358 e. The number of nitrogens with zero attached hydrogens (tertiary/aromatic N) is 4. The first-order valence-electron chi connectivity index (χ1n) is 7.48. The van der Waals surface area contributed by atoms with Crippen LogP contribution in [0.4, 0.5) is 8.78 Å². The van der Waals surface area contributed by atoms with Crippen LogP contribution in [0.3, 0.4) is 0 Å². The quantitative estimate of drug-likeness (QED) is 0.726. The maximum Gasteiger partial charge on any atom is 0.165 e. The lowest BCUT2D eigenvalue weighted by molar-refractivity contribution is -0.0298. The van der Waals surface area contributed by atoms with Crippen LogP contribution >= 0.6 is 0 Å². The van der Waals surface area contributed by atoms with Gasteiger partial charge in [-0.2, -0.15) is 0 Å². The Kier molecular flexibility index (Phi) is 3.49. The van der Waals surface area contributed by atoms with E-state index < -0.39 is 11.6 Å². The van der Waals surface area contributed by atoms with E-state index in [0.29, 0.717) is 23.5 Å². The van der Waals surface area contributed by atoms with Crippen LogP contribution in [0.25, 0.3) is 22.4 Å². The molecule has 2 aromatic heterocycles. The van der Waals surface area contributed by atoms with Gasteiger partial charge in [0.25, 0.3) is 0 Å². The number of benzene rings is 1. The number of imidazole rings is 1. The summed E-state index contributed by atoms with van der Waals surface area (Å²) in [5, 5.41) is 0. The minimum atomic E-state index is -0.673. The lowest BCUT2D eigenvalue weighted by Gasteiger charge is -2.23. The number of aromatic nitrogens is 4. The molecule has 7 heteroatoms. The van der Waals surface area contributed by atoms with E-state index in [1.54, 1.807) is 6.33 Å². The molecule has 0 N–H and O–H groups in total. The van der Waals surface area contributed by atoms with Crippen molar-refractivity contribution in [1.29, 1.82) is 0 Å². The highest BCUT2D eigenvalue weighted by atomic mass is 19.1. The Labute approximate surface area is 131 Å². The van der Waals surface area contributed by atoms with Gasteiger partial charge >= 0.3 is 0 Å². The normalized spacial score (nSPS) is 18.4. The predicted molar refractivity (Wildman–Crippen MR) is 79.5 cm³/mol. The number of halogens is 2. The SMILES string of the molecule is Fc1ccc(-c2ncnc3c2ncn3C2CCCCO2)c(F)c1. The van der Waals surface area contributed by atoms with E-state index in [-0.39, 0.29) is 11.8 Å². The van der Waals surface area contributed by atoms with Gasteiger partial charge in [0.1, 0.15) is 35.4 Å². The van der Waals surface area contributed by atoms with Crippen molar-refractivity contribution in [2.24, 2.45) is 0 Å². The molecule has 118 valence electrons. The number of fused-ring (bicyclic) bond motifs is 1. The smallest absolute Gasteiger partial charge is 0.165 e. The van der Waals surface area contributed by atoms with E-state index in [1.807, 2.05) is 4.57 Å². The first kappa shape index (κ1) is 14.2. The molecule has 1 unspecified atom stereocenters. The second kappa shape index (κ2) is 5.66. The van der Waals surface area contributed by atoms with E-state index in [2.05, 4.69) is 15.0 Å². The van der Waals surface area contributed by atoms with Gasteiger partial charge < -0.3 is 4.74 Å². The molecule has 3 aromatic rings. The highest BCUT2D eigenvalue weighted by molar-refractivity contribution is 5.87. The van der Waals surface area contributed by atoms with Crippen molar-refractivity contribution < 1.29 is 13.5 Å². The third kappa shape index (κ3) is 2.46. The van der Waals surface area contributed by atoms with Crippen molar-refractivity contribution in [2.75, 3.05) is 6.61 Å². The minimum absolute atomic E-state index is 0.116. The van der Waals surface area contributed by atoms with Gasteiger partial charge in [-0.1, -0.05) is 0 Å². The lowest BCUT2D eigenvalue weighted by atomic mass is 10.1. The van der Waals surface area contributed by atoms with Crippen LogP contribution in [0.15, 0.2) is 30.9 Å². The summed E-state index contributed by atoms with van der Waals surface area (Å²) >= 11 is 0. The highest BCUT2D eigenvalue weighted by Gasteiger charge is 2.21. The molecule has 3 heterocycles. The predicted octanol–water partition coefficient (Wildman–Crippen LogP) is 3.47. The van der Waals surface area contributed by atoms with Crippen molar-refractivity contribution in [3.05, 3.63) is 42.5 Å². The van der Waals surface area contributed by atoms with E-state index >= 15 is 0 Å². The van der Waals surface area contributed by atoms with Gasteiger partial charge in [0.15, 0.2) is 5.65 Å². The largest absolute Gasteiger partial charge is 0.358 e. The fourth-order valence-corrected chi connectivity index (χ4v) is 2.88. The fraction of sp³-hybridized carbons (Fsp3) is 0.312. The Morgan fingerprint density at radius 1 is 1.13 bits per heavy atom. The molecule has 1 atom stereocenters. The van der Waals surface area contributed by atoms with Crippen LogP contribution in [0.1, 0.15) is 25.5 Å². The second-order valence-corrected chi connectivity index (χ2v) is 5.49. The summed E-state index contributed by atoms with van der Waals surface area (Å²) in [4.78, 5) is 12.7. The number of ether oxygens (including phenoxy) is 1. The van der Waals surface area contributed by atoms with E-state index in [9.17, 15) is 8.78 Å².